The largest absolute Gasteiger partial charge is 0.351 e. The second-order valence-electron chi connectivity index (χ2n) is 5.20. The highest BCUT2D eigenvalue weighted by atomic mass is 35.5. The lowest BCUT2D eigenvalue weighted by Crippen LogP contribution is -2.24. The summed E-state index contributed by atoms with van der Waals surface area (Å²) < 4.78 is 13.8. The fraction of sp³-hybridized carbons (Fsp3) is 0.118. The van der Waals surface area contributed by atoms with Gasteiger partial charge >= 0.3 is 0 Å². The van der Waals surface area contributed by atoms with Gasteiger partial charge in [-0.3, -0.25) is 4.79 Å². The summed E-state index contributed by atoms with van der Waals surface area (Å²) in [6, 6.07) is 13.4. The molecule has 0 fully saturated rings. The number of carbonyl (C=O) groups is 1. The van der Waals surface area contributed by atoms with E-state index in [9.17, 15) is 9.18 Å². The van der Waals surface area contributed by atoms with Crippen molar-refractivity contribution in [1.82, 2.24) is 15.5 Å². The van der Waals surface area contributed by atoms with Gasteiger partial charge in [-0.05, 0) is 35.9 Å². The molecule has 2 aromatic carbocycles. The third-order valence-electron chi connectivity index (χ3n) is 3.19. The molecule has 0 saturated carbocycles. The standard InChI is InChI=1S/C17H14ClFN4OS2/c18-12-4-1-3-11(7-12)9-20-15(24)10-25-17-23-22-16(26-17)21-14-6-2-5-13(19)8-14/h1-8H,9-10H2,(H,20,24)(H,21,22). The fourth-order valence-corrected chi connectivity index (χ4v) is 3.85. The number of hydrogen-bond acceptors (Lipinski definition) is 6. The normalized spacial score (nSPS) is 10.5. The Labute approximate surface area is 163 Å². The van der Waals surface area contributed by atoms with Crippen molar-refractivity contribution in [1.29, 1.82) is 0 Å². The highest BCUT2D eigenvalue weighted by Gasteiger charge is 2.09. The number of aromatic nitrogens is 2. The SMILES string of the molecule is O=C(CSc1nnc(Nc2cccc(F)c2)s1)NCc1cccc(Cl)c1. The maximum atomic E-state index is 13.2. The number of rotatable bonds is 7. The van der Waals surface area contributed by atoms with Crippen LogP contribution in [0.3, 0.4) is 0 Å². The molecule has 1 amide bonds. The van der Waals surface area contributed by atoms with Gasteiger partial charge in [0.1, 0.15) is 5.82 Å². The number of halogens is 2. The molecule has 3 aromatic rings. The lowest BCUT2D eigenvalue weighted by atomic mass is 10.2. The van der Waals surface area contributed by atoms with Crippen LogP contribution in [0.2, 0.25) is 5.02 Å². The number of nitrogens with zero attached hydrogens (tertiary/aromatic N) is 2. The Hall–Kier alpha value is -2.16. The van der Waals surface area contributed by atoms with Crippen LogP contribution in [0.15, 0.2) is 52.9 Å². The zero-order chi connectivity index (χ0) is 18.4. The van der Waals surface area contributed by atoms with E-state index in [0.717, 1.165) is 5.56 Å². The van der Waals surface area contributed by atoms with Gasteiger partial charge in [0, 0.05) is 17.3 Å². The summed E-state index contributed by atoms with van der Waals surface area (Å²) in [6.07, 6.45) is 0. The molecule has 0 spiro atoms. The Morgan fingerprint density at radius 1 is 1.19 bits per heavy atom. The van der Waals surface area contributed by atoms with Crippen LogP contribution in [-0.2, 0) is 11.3 Å². The van der Waals surface area contributed by atoms with Gasteiger partial charge in [0.25, 0.3) is 0 Å². The van der Waals surface area contributed by atoms with Crippen LogP contribution in [0.5, 0.6) is 0 Å². The monoisotopic (exact) mass is 408 g/mol. The Morgan fingerprint density at radius 2 is 2.04 bits per heavy atom. The minimum atomic E-state index is -0.328. The molecule has 2 N–H and O–H groups in total. The lowest BCUT2D eigenvalue weighted by molar-refractivity contribution is -0.118. The molecular formula is C17H14ClFN4OS2. The van der Waals surface area contributed by atoms with E-state index in [4.69, 9.17) is 11.6 Å². The van der Waals surface area contributed by atoms with Crippen molar-refractivity contribution in [2.24, 2.45) is 0 Å². The molecule has 1 aromatic heterocycles. The summed E-state index contributed by atoms with van der Waals surface area (Å²) in [5.41, 5.74) is 1.53. The number of thioether (sulfide) groups is 1. The average molecular weight is 409 g/mol. The highest BCUT2D eigenvalue weighted by molar-refractivity contribution is 8.01. The summed E-state index contributed by atoms with van der Waals surface area (Å²) in [5, 5.41) is 15.0. The van der Waals surface area contributed by atoms with Crippen molar-refractivity contribution in [3.8, 4) is 0 Å². The first kappa shape index (κ1) is 18.6. The molecular weight excluding hydrogens is 395 g/mol. The molecule has 9 heteroatoms. The molecule has 0 unspecified atom stereocenters. The van der Waals surface area contributed by atoms with Crippen molar-refractivity contribution in [2.75, 3.05) is 11.1 Å². The quantitative estimate of drug-likeness (QED) is 0.564. The van der Waals surface area contributed by atoms with E-state index in [0.29, 0.717) is 26.7 Å². The van der Waals surface area contributed by atoms with Gasteiger partial charge in [-0.2, -0.15) is 0 Å². The molecule has 3 rings (SSSR count). The average Bonchev–Trinajstić information content (AvgIpc) is 3.06. The number of carbonyl (C=O) groups excluding carboxylic acids is 1. The van der Waals surface area contributed by atoms with Gasteiger partial charge in [-0.1, -0.05) is 52.9 Å². The van der Waals surface area contributed by atoms with Crippen molar-refractivity contribution in [2.45, 2.75) is 10.9 Å². The predicted molar refractivity (Wildman–Crippen MR) is 104 cm³/mol. The van der Waals surface area contributed by atoms with Gasteiger partial charge < -0.3 is 10.6 Å². The molecule has 0 bridgehead atoms. The zero-order valence-corrected chi connectivity index (χ0v) is 15.8. The molecule has 26 heavy (non-hydrogen) atoms. The van der Waals surface area contributed by atoms with E-state index in [2.05, 4.69) is 20.8 Å². The van der Waals surface area contributed by atoms with Crippen LogP contribution in [0.1, 0.15) is 5.56 Å². The maximum Gasteiger partial charge on any atom is 0.230 e. The molecule has 0 radical (unpaired) electrons. The lowest BCUT2D eigenvalue weighted by Gasteiger charge is -2.04. The van der Waals surface area contributed by atoms with Crippen molar-refractivity contribution >= 4 is 51.4 Å². The van der Waals surface area contributed by atoms with E-state index >= 15 is 0 Å². The summed E-state index contributed by atoms with van der Waals surface area (Å²) in [5.74, 6) is -0.204. The number of benzene rings is 2. The van der Waals surface area contributed by atoms with Crippen molar-refractivity contribution < 1.29 is 9.18 Å². The topological polar surface area (TPSA) is 66.9 Å². The van der Waals surface area contributed by atoms with Crippen LogP contribution in [0, 0.1) is 5.82 Å². The Balaban J connectivity index is 1.46. The van der Waals surface area contributed by atoms with Crippen molar-refractivity contribution in [3.05, 3.63) is 64.9 Å². The number of nitrogens with one attached hydrogen (secondary N) is 2. The van der Waals surface area contributed by atoms with Gasteiger partial charge in [-0.15, -0.1) is 10.2 Å². The molecule has 134 valence electrons. The third-order valence-corrected chi connectivity index (χ3v) is 5.39. The molecule has 0 saturated heterocycles. The zero-order valence-electron chi connectivity index (χ0n) is 13.4. The summed E-state index contributed by atoms with van der Waals surface area (Å²) in [7, 11) is 0. The first-order chi connectivity index (χ1) is 12.6. The van der Waals surface area contributed by atoms with E-state index in [-0.39, 0.29) is 17.5 Å². The minimum absolute atomic E-state index is 0.107. The molecule has 0 aliphatic heterocycles. The van der Waals surface area contributed by atoms with Crippen LogP contribution in [0.25, 0.3) is 0 Å². The Morgan fingerprint density at radius 3 is 2.85 bits per heavy atom. The molecule has 1 heterocycles. The van der Waals surface area contributed by atoms with E-state index < -0.39 is 0 Å². The summed E-state index contributed by atoms with van der Waals surface area (Å²) >= 11 is 8.51. The van der Waals surface area contributed by atoms with Gasteiger partial charge in [0.2, 0.25) is 11.0 Å². The first-order valence-corrected chi connectivity index (χ1v) is 9.76. The van der Waals surface area contributed by atoms with Crippen LogP contribution in [0.4, 0.5) is 15.2 Å². The van der Waals surface area contributed by atoms with Gasteiger partial charge in [0.05, 0.1) is 5.75 Å². The second kappa shape index (κ2) is 8.98. The Kier molecular flexibility index (Phi) is 6.43. The maximum absolute atomic E-state index is 13.2. The van der Waals surface area contributed by atoms with Crippen LogP contribution < -0.4 is 10.6 Å². The van der Waals surface area contributed by atoms with E-state index in [1.54, 1.807) is 18.2 Å². The van der Waals surface area contributed by atoms with Crippen LogP contribution in [-0.4, -0.2) is 21.9 Å². The van der Waals surface area contributed by atoms with E-state index in [1.165, 1.54) is 35.2 Å². The molecule has 0 aliphatic rings. The van der Waals surface area contributed by atoms with Crippen LogP contribution >= 0.6 is 34.7 Å². The fourth-order valence-electron chi connectivity index (χ4n) is 2.03. The third kappa shape index (κ3) is 5.69. The van der Waals surface area contributed by atoms with E-state index in [1.807, 2.05) is 18.2 Å². The minimum Gasteiger partial charge on any atom is -0.351 e. The first-order valence-electron chi connectivity index (χ1n) is 7.58. The molecule has 0 atom stereocenters. The number of amides is 1. The number of hydrogen-bond donors (Lipinski definition) is 2. The van der Waals surface area contributed by atoms with Gasteiger partial charge in [-0.25, -0.2) is 4.39 Å². The smallest absolute Gasteiger partial charge is 0.230 e. The van der Waals surface area contributed by atoms with Crippen molar-refractivity contribution in [3.63, 3.8) is 0 Å². The molecule has 0 aliphatic carbocycles. The molecule has 5 nitrogen and oxygen atoms in total. The highest BCUT2D eigenvalue weighted by Crippen LogP contribution is 2.27. The summed E-state index contributed by atoms with van der Waals surface area (Å²) in [4.78, 5) is 11.9. The Bertz CT molecular complexity index is 906. The van der Waals surface area contributed by atoms with Gasteiger partial charge in [0.15, 0.2) is 4.34 Å². The number of anilines is 2. The summed E-state index contributed by atoms with van der Waals surface area (Å²) in [6.45, 7) is 0.419. The predicted octanol–water partition coefficient (Wildman–Crippen LogP) is 4.48. The second-order valence-corrected chi connectivity index (χ2v) is 7.84.